The van der Waals surface area contributed by atoms with Crippen molar-refractivity contribution in [2.45, 2.75) is 13.8 Å². The number of allylic oxidation sites excluding steroid dienone is 3. The van der Waals surface area contributed by atoms with Crippen LogP contribution in [0.5, 0.6) is 0 Å². The van der Waals surface area contributed by atoms with Gasteiger partial charge in [0.1, 0.15) is 5.69 Å². The lowest BCUT2D eigenvalue weighted by molar-refractivity contribution is 0.612. The van der Waals surface area contributed by atoms with Crippen molar-refractivity contribution < 1.29 is 0 Å². The zero-order valence-corrected chi connectivity index (χ0v) is 17.5. The molecule has 0 atom stereocenters. The molecule has 3 rings (SSSR count). The molecule has 2 aromatic rings. The molecule has 2 nitrogen and oxygen atoms in total. The van der Waals surface area contributed by atoms with Crippen LogP contribution in [0.15, 0.2) is 65.4 Å². The molecule has 130 valence electrons. The quantitative estimate of drug-likeness (QED) is 0.501. The van der Waals surface area contributed by atoms with Crippen LogP contribution in [0.3, 0.4) is 0 Å². The topological polar surface area (TPSA) is 16.1 Å². The Morgan fingerprint density at radius 1 is 1.12 bits per heavy atom. The van der Waals surface area contributed by atoms with Gasteiger partial charge in [-0.05, 0) is 33.6 Å². The summed E-state index contributed by atoms with van der Waals surface area (Å²) in [6.45, 7) is 8.11. The van der Waals surface area contributed by atoms with Crippen molar-refractivity contribution in [2.75, 3.05) is 7.05 Å². The minimum atomic E-state index is 0.506. The van der Waals surface area contributed by atoms with Crippen molar-refractivity contribution in [3.05, 3.63) is 86.7 Å². The number of aromatic nitrogens is 1. The number of benzene rings is 1. The molecule has 1 aliphatic rings. The fraction of sp³-hybridized carbons (Fsp3) is 0.150. The lowest BCUT2D eigenvalue weighted by Crippen LogP contribution is -2.21. The van der Waals surface area contributed by atoms with Gasteiger partial charge in [0.05, 0.1) is 15.7 Å². The average Bonchev–Trinajstić information content (AvgIpc) is 2.63. The lowest BCUT2D eigenvalue weighted by atomic mass is 9.97. The number of likely N-dealkylation sites (N-methyl/N-ethyl adjacent to an activating group) is 1. The summed E-state index contributed by atoms with van der Waals surface area (Å²) in [5.41, 5.74) is 4.50. The lowest BCUT2D eigenvalue weighted by Gasteiger charge is -2.31. The minimum Gasteiger partial charge on any atom is -0.342 e. The molecule has 0 unspecified atom stereocenters. The first-order chi connectivity index (χ1) is 12.0. The van der Waals surface area contributed by atoms with Crippen LogP contribution >= 0.6 is 39.1 Å². The first kappa shape index (κ1) is 19.8. The van der Waals surface area contributed by atoms with E-state index in [1.165, 1.54) is 0 Å². The Hall–Kier alpha value is -1.55. The molecule has 1 aromatic heterocycles. The molecule has 25 heavy (non-hydrogen) atoms. The van der Waals surface area contributed by atoms with Crippen LogP contribution < -0.4 is 0 Å². The highest BCUT2D eigenvalue weighted by Crippen LogP contribution is 2.41. The normalized spacial score (nSPS) is 14.1. The SMILES string of the molecule is C=C1C(Br)=CC(c2ccccc2)=C(c2ncc(Cl)cc2Cl)N1C.CC. The van der Waals surface area contributed by atoms with E-state index in [0.29, 0.717) is 15.7 Å². The summed E-state index contributed by atoms with van der Waals surface area (Å²) >= 11 is 16.0. The van der Waals surface area contributed by atoms with E-state index in [2.05, 4.69) is 39.6 Å². The molecule has 2 heterocycles. The molecular weight excluding hydrogens is 419 g/mol. The number of halogens is 3. The highest BCUT2D eigenvalue weighted by atomic mass is 79.9. The third-order valence-corrected chi connectivity index (χ3v) is 4.84. The van der Waals surface area contributed by atoms with Gasteiger partial charge in [-0.3, -0.25) is 4.98 Å². The summed E-state index contributed by atoms with van der Waals surface area (Å²) in [7, 11) is 1.95. The van der Waals surface area contributed by atoms with E-state index in [4.69, 9.17) is 23.2 Å². The molecule has 0 radical (unpaired) electrons. The van der Waals surface area contributed by atoms with Gasteiger partial charge in [0.25, 0.3) is 0 Å². The fourth-order valence-electron chi connectivity index (χ4n) is 2.47. The first-order valence-electron chi connectivity index (χ1n) is 7.90. The summed E-state index contributed by atoms with van der Waals surface area (Å²) < 4.78 is 0.924. The van der Waals surface area contributed by atoms with Gasteiger partial charge in [0.2, 0.25) is 0 Å². The van der Waals surface area contributed by atoms with Crippen LogP contribution in [0, 0.1) is 0 Å². The molecule has 1 aliphatic heterocycles. The first-order valence-corrected chi connectivity index (χ1v) is 9.45. The zero-order chi connectivity index (χ0) is 18.6. The number of hydrogen-bond acceptors (Lipinski definition) is 2. The maximum absolute atomic E-state index is 6.40. The van der Waals surface area contributed by atoms with Crippen LogP contribution in [0.2, 0.25) is 10.0 Å². The largest absolute Gasteiger partial charge is 0.342 e. The molecule has 0 bridgehead atoms. The number of rotatable bonds is 2. The minimum absolute atomic E-state index is 0.506. The Balaban J connectivity index is 0.00000109. The molecule has 0 amide bonds. The Kier molecular flexibility index (Phi) is 6.88. The van der Waals surface area contributed by atoms with Crippen molar-refractivity contribution in [2.24, 2.45) is 0 Å². The van der Waals surface area contributed by atoms with Gasteiger partial charge in [-0.15, -0.1) is 0 Å². The number of hydrogen-bond donors (Lipinski definition) is 0. The predicted octanol–water partition coefficient (Wildman–Crippen LogP) is 7.02. The Bertz CT molecular complexity index is 842. The molecular formula is C20H19BrCl2N2. The molecule has 5 heteroatoms. The molecule has 1 aromatic carbocycles. The van der Waals surface area contributed by atoms with Crippen LogP contribution in [-0.2, 0) is 0 Å². The maximum atomic E-state index is 6.40. The van der Waals surface area contributed by atoms with Crippen molar-refractivity contribution in [3.8, 4) is 0 Å². The van der Waals surface area contributed by atoms with Gasteiger partial charge in [-0.1, -0.05) is 74.0 Å². The summed E-state index contributed by atoms with van der Waals surface area (Å²) in [6.07, 6.45) is 3.64. The Morgan fingerprint density at radius 2 is 1.76 bits per heavy atom. The van der Waals surface area contributed by atoms with Crippen LogP contribution in [0.25, 0.3) is 11.3 Å². The van der Waals surface area contributed by atoms with Gasteiger partial charge in [0.15, 0.2) is 0 Å². The van der Waals surface area contributed by atoms with Gasteiger partial charge in [-0.25, -0.2) is 0 Å². The Morgan fingerprint density at radius 3 is 2.36 bits per heavy atom. The van der Waals surface area contributed by atoms with Gasteiger partial charge in [0, 0.05) is 29.0 Å². The standard InChI is InChI=1S/C18H13BrCl2N2.C2H6/c1-11-15(19)9-14(12-6-4-3-5-7-12)18(23(11)2)17-16(21)8-13(20)10-22-17;1-2/h3-10H,1H2,2H3;1-2H3. The van der Waals surface area contributed by atoms with E-state index in [1.54, 1.807) is 12.3 Å². The summed E-state index contributed by atoms with van der Waals surface area (Å²) in [6, 6.07) is 11.8. The second-order valence-corrected chi connectivity index (χ2v) is 6.81. The highest BCUT2D eigenvalue weighted by molar-refractivity contribution is 9.12. The predicted molar refractivity (Wildman–Crippen MR) is 113 cm³/mol. The van der Waals surface area contributed by atoms with Gasteiger partial charge < -0.3 is 4.90 Å². The fourth-order valence-corrected chi connectivity index (χ4v) is 3.43. The van der Waals surface area contributed by atoms with E-state index in [-0.39, 0.29) is 0 Å². The van der Waals surface area contributed by atoms with Crippen LogP contribution in [-0.4, -0.2) is 16.9 Å². The zero-order valence-electron chi connectivity index (χ0n) is 14.4. The molecule has 0 spiro atoms. The maximum Gasteiger partial charge on any atom is 0.106 e. The van der Waals surface area contributed by atoms with Gasteiger partial charge in [-0.2, -0.15) is 0 Å². The third kappa shape index (κ3) is 4.17. The van der Waals surface area contributed by atoms with Crippen LogP contribution in [0.1, 0.15) is 25.1 Å². The molecule has 0 fully saturated rings. The second-order valence-electron chi connectivity index (χ2n) is 5.11. The molecule has 0 N–H and O–H groups in total. The van der Waals surface area contributed by atoms with Crippen molar-refractivity contribution in [1.82, 2.24) is 9.88 Å². The monoisotopic (exact) mass is 436 g/mol. The molecule has 0 saturated carbocycles. The third-order valence-electron chi connectivity index (χ3n) is 3.66. The van der Waals surface area contributed by atoms with Crippen molar-refractivity contribution >= 4 is 50.4 Å². The summed E-state index contributed by atoms with van der Waals surface area (Å²) in [5.74, 6) is 0. The van der Waals surface area contributed by atoms with E-state index < -0.39 is 0 Å². The highest BCUT2D eigenvalue weighted by Gasteiger charge is 2.25. The van der Waals surface area contributed by atoms with Crippen LogP contribution in [0.4, 0.5) is 0 Å². The van der Waals surface area contributed by atoms with Crippen molar-refractivity contribution in [1.29, 1.82) is 0 Å². The number of nitrogens with zero attached hydrogens (tertiary/aromatic N) is 2. The van der Waals surface area contributed by atoms with E-state index in [1.807, 2.05) is 50.1 Å². The van der Waals surface area contributed by atoms with E-state index in [9.17, 15) is 0 Å². The average molecular weight is 438 g/mol. The second kappa shape index (κ2) is 8.70. The smallest absolute Gasteiger partial charge is 0.106 e. The number of pyridine rings is 1. The van der Waals surface area contributed by atoms with Crippen molar-refractivity contribution in [3.63, 3.8) is 0 Å². The molecule has 0 aliphatic carbocycles. The van der Waals surface area contributed by atoms with E-state index in [0.717, 1.165) is 27.0 Å². The Labute approximate surface area is 167 Å². The van der Waals surface area contributed by atoms with E-state index >= 15 is 0 Å². The summed E-state index contributed by atoms with van der Waals surface area (Å²) in [5, 5.41) is 1.02. The summed E-state index contributed by atoms with van der Waals surface area (Å²) in [4.78, 5) is 6.42. The van der Waals surface area contributed by atoms with Gasteiger partial charge >= 0.3 is 0 Å². The molecule has 0 saturated heterocycles.